The fraction of sp³-hybridized carbons (Fsp3) is 0.800. The largest absolute Gasteiger partial charge is 0.264 e. The van der Waals surface area contributed by atoms with Gasteiger partial charge in [0.2, 0.25) is 0 Å². The third-order valence-electron chi connectivity index (χ3n) is 2.41. The van der Waals surface area contributed by atoms with Crippen LogP contribution in [-0.4, -0.2) is 41.6 Å². The fourth-order valence-corrected chi connectivity index (χ4v) is 3.14. The Morgan fingerprint density at radius 2 is 1.17 bits per heavy atom. The second-order valence-electron chi connectivity index (χ2n) is 4.30. The van der Waals surface area contributed by atoms with Crippen molar-refractivity contribution >= 4 is 20.2 Å². The molecule has 0 aliphatic heterocycles. The molecule has 0 radical (unpaired) electrons. The maximum Gasteiger partial charge on any atom is 0.264 e. The zero-order valence-corrected chi connectivity index (χ0v) is 12.0. The van der Waals surface area contributed by atoms with Crippen LogP contribution in [0.25, 0.3) is 0 Å². The number of rotatable bonds is 4. The molecule has 106 valence electrons. The molecule has 1 rings (SSSR count). The Hall–Kier alpha value is -0.440. The molecule has 0 aromatic carbocycles. The molecule has 0 saturated heterocycles. The first-order valence-corrected chi connectivity index (χ1v) is 9.22. The molecule has 6 nitrogen and oxygen atoms in total. The Morgan fingerprint density at radius 3 is 1.44 bits per heavy atom. The molecule has 1 aliphatic rings. The van der Waals surface area contributed by atoms with E-state index < -0.39 is 32.4 Å². The Balaban J connectivity index is 2.86. The predicted molar refractivity (Wildman–Crippen MR) is 67.0 cm³/mol. The maximum absolute atomic E-state index is 11.2. The minimum Gasteiger partial charge on any atom is -0.264 e. The average Bonchev–Trinajstić information content (AvgIpc) is 2.12. The summed E-state index contributed by atoms with van der Waals surface area (Å²) in [5.74, 6) is 0. The van der Waals surface area contributed by atoms with E-state index in [0.717, 1.165) is 12.5 Å². The molecule has 2 atom stereocenters. The summed E-state index contributed by atoms with van der Waals surface area (Å²) < 4.78 is 54.5. The van der Waals surface area contributed by atoms with E-state index in [1.54, 1.807) is 0 Å². The highest BCUT2D eigenvalue weighted by atomic mass is 32.2. The summed E-state index contributed by atoms with van der Waals surface area (Å²) in [6.45, 7) is 0. The Kier molecular flexibility index (Phi) is 5.32. The zero-order valence-electron chi connectivity index (χ0n) is 10.4. The van der Waals surface area contributed by atoms with Crippen LogP contribution >= 0.6 is 0 Å². The van der Waals surface area contributed by atoms with Gasteiger partial charge in [0, 0.05) is 0 Å². The SMILES string of the molecule is CS(=O)(=O)O[C@H]1CC/C=C/CC[C@@H]1OS(C)(=O)=O. The monoisotopic (exact) mass is 298 g/mol. The van der Waals surface area contributed by atoms with Crippen LogP contribution in [0.5, 0.6) is 0 Å². The first kappa shape index (κ1) is 15.6. The van der Waals surface area contributed by atoms with Crippen molar-refractivity contribution in [3.63, 3.8) is 0 Å². The van der Waals surface area contributed by atoms with Crippen LogP contribution in [0.4, 0.5) is 0 Å². The highest BCUT2D eigenvalue weighted by Gasteiger charge is 2.29. The smallest absolute Gasteiger partial charge is 0.264 e. The van der Waals surface area contributed by atoms with Gasteiger partial charge in [-0.25, -0.2) is 0 Å². The van der Waals surface area contributed by atoms with Crippen molar-refractivity contribution in [2.45, 2.75) is 37.9 Å². The second-order valence-corrected chi connectivity index (χ2v) is 7.51. The first-order valence-electron chi connectivity index (χ1n) is 5.59. The van der Waals surface area contributed by atoms with Crippen molar-refractivity contribution in [3.05, 3.63) is 12.2 Å². The topological polar surface area (TPSA) is 86.7 Å². The lowest BCUT2D eigenvalue weighted by molar-refractivity contribution is 0.0529. The number of allylic oxidation sites excluding steroid dienone is 2. The van der Waals surface area contributed by atoms with E-state index in [2.05, 4.69) is 0 Å². The number of hydrogen-bond donors (Lipinski definition) is 0. The predicted octanol–water partition coefficient (Wildman–Crippen LogP) is 0.806. The summed E-state index contributed by atoms with van der Waals surface area (Å²) in [4.78, 5) is 0. The van der Waals surface area contributed by atoms with Gasteiger partial charge in [-0.3, -0.25) is 8.37 Å². The molecule has 0 unspecified atom stereocenters. The lowest BCUT2D eigenvalue weighted by Gasteiger charge is -2.25. The van der Waals surface area contributed by atoms with Gasteiger partial charge in [0.25, 0.3) is 20.2 Å². The molecule has 1 aliphatic carbocycles. The van der Waals surface area contributed by atoms with Crippen LogP contribution in [0.1, 0.15) is 25.7 Å². The molecule has 0 amide bonds. The van der Waals surface area contributed by atoms with Crippen LogP contribution < -0.4 is 0 Å². The normalized spacial score (nSPS) is 28.3. The van der Waals surface area contributed by atoms with Crippen LogP contribution in [0.2, 0.25) is 0 Å². The number of hydrogen-bond acceptors (Lipinski definition) is 6. The molecule has 0 bridgehead atoms. The third kappa shape index (κ3) is 6.48. The van der Waals surface area contributed by atoms with Crippen LogP contribution in [0.3, 0.4) is 0 Å². The molecule has 0 saturated carbocycles. The highest BCUT2D eigenvalue weighted by Crippen LogP contribution is 2.22. The van der Waals surface area contributed by atoms with Gasteiger partial charge in [-0.05, 0) is 25.7 Å². The van der Waals surface area contributed by atoms with Gasteiger partial charge >= 0.3 is 0 Å². The van der Waals surface area contributed by atoms with Crippen LogP contribution in [-0.2, 0) is 28.6 Å². The lowest BCUT2D eigenvalue weighted by atomic mass is 10.0. The van der Waals surface area contributed by atoms with Crippen LogP contribution in [0, 0.1) is 0 Å². The molecule has 0 N–H and O–H groups in total. The quantitative estimate of drug-likeness (QED) is 0.564. The summed E-state index contributed by atoms with van der Waals surface area (Å²) >= 11 is 0. The van der Waals surface area contributed by atoms with E-state index in [1.165, 1.54) is 0 Å². The lowest BCUT2D eigenvalue weighted by Crippen LogP contribution is -2.35. The van der Waals surface area contributed by atoms with Crippen molar-refractivity contribution in [1.29, 1.82) is 0 Å². The van der Waals surface area contributed by atoms with Gasteiger partial charge in [0.05, 0.1) is 12.5 Å². The molecule has 0 heterocycles. The minimum atomic E-state index is -3.64. The molecular formula is C10H18O6S2. The fourth-order valence-electron chi connectivity index (χ4n) is 1.80. The van der Waals surface area contributed by atoms with Crippen molar-refractivity contribution < 1.29 is 25.2 Å². The maximum atomic E-state index is 11.2. The van der Waals surface area contributed by atoms with Gasteiger partial charge in [0.1, 0.15) is 12.2 Å². The van der Waals surface area contributed by atoms with E-state index in [-0.39, 0.29) is 0 Å². The van der Waals surface area contributed by atoms with Crippen molar-refractivity contribution in [3.8, 4) is 0 Å². The van der Waals surface area contributed by atoms with Crippen molar-refractivity contribution in [2.75, 3.05) is 12.5 Å². The molecule has 0 fully saturated rings. The Bertz CT molecular complexity index is 444. The van der Waals surface area contributed by atoms with E-state index >= 15 is 0 Å². The first-order chi connectivity index (χ1) is 8.17. The summed E-state index contributed by atoms with van der Waals surface area (Å²) in [5, 5.41) is 0. The molecule has 18 heavy (non-hydrogen) atoms. The molecule has 0 aromatic heterocycles. The van der Waals surface area contributed by atoms with Gasteiger partial charge in [0.15, 0.2) is 0 Å². The van der Waals surface area contributed by atoms with Gasteiger partial charge in [-0.15, -0.1) is 0 Å². The van der Waals surface area contributed by atoms with E-state index in [0.29, 0.717) is 25.7 Å². The summed E-state index contributed by atoms with van der Waals surface area (Å²) in [6, 6.07) is 0. The Labute approximate surface area is 108 Å². The van der Waals surface area contributed by atoms with Crippen molar-refractivity contribution in [2.24, 2.45) is 0 Å². The molecular weight excluding hydrogens is 280 g/mol. The van der Waals surface area contributed by atoms with Gasteiger partial charge in [-0.2, -0.15) is 16.8 Å². The second kappa shape index (κ2) is 6.14. The van der Waals surface area contributed by atoms with E-state index in [9.17, 15) is 16.8 Å². The molecule has 0 spiro atoms. The molecule has 8 heteroatoms. The zero-order chi connectivity index (χ0) is 13.8. The molecule has 0 aromatic rings. The highest BCUT2D eigenvalue weighted by molar-refractivity contribution is 7.86. The van der Waals surface area contributed by atoms with Gasteiger partial charge < -0.3 is 0 Å². The minimum absolute atomic E-state index is 0.407. The average molecular weight is 298 g/mol. The van der Waals surface area contributed by atoms with E-state index in [1.807, 2.05) is 12.2 Å². The summed E-state index contributed by atoms with van der Waals surface area (Å²) in [7, 11) is -7.28. The Morgan fingerprint density at radius 1 is 0.833 bits per heavy atom. The summed E-state index contributed by atoms with van der Waals surface area (Å²) in [6.07, 6.45) is 6.28. The standard InChI is InChI=1S/C10H18O6S2/c1-17(11,12)15-9-7-5-3-4-6-8-10(9)16-18(2,13)14/h3-4,9-10H,5-8H2,1-2H3/b4-3+/t9-,10-/m0/s1. The van der Waals surface area contributed by atoms with Crippen LogP contribution in [0.15, 0.2) is 12.2 Å². The van der Waals surface area contributed by atoms with E-state index in [4.69, 9.17) is 8.37 Å². The summed E-state index contributed by atoms with van der Waals surface area (Å²) in [5.41, 5.74) is 0. The third-order valence-corrected chi connectivity index (χ3v) is 3.61. The van der Waals surface area contributed by atoms with Crippen molar-refractivity contribution in [1.82, 2.24) is 0 Å². The van der Waals surface area contributed by atoms with Gasteiger partial charge in [-0.1, -0.05) is 12.2 Å².